The van der Waals surface area contributed by atoms with Crippen LogP contribution in [-0.2, 0) is 9.59 Å². The van der Waals surface area contributed by atoms with Gasteiger partial charge in [-0.15, -0.1) is 11.3 Å². The van der Waals surface area contributed by atoms with Crippen LogP contribution in [0.3, 0.4) is 0 Å². The van der Waals surface area contributed by atoms with Gasteiger partial charge in [-0.3, -0.25) is 9.59 Å². The van der Waals surface area contributed by atoms with E-state index in [4.69, 9.17) is 11.5 Å². The molecule has 0 bridgehead atoms. The van der Waals surface area contributed by atoms with Gasteiger partial charge >= 0.3 is 0 Å². The Hall–Kier alpha value is -1.40. The summed E-state index contributed by atoms with van der Waals surface area (Å²) in [7, 11) is 0. The van der Waals surface area contributed by atoms with Crippen molar-refractivity contribution in [3.8, 4) is 0 Å². The molecule has 1 rings (SSSR count). The topological polar surface area (TPSA) is 98.2 Å². The lowest BCUT2D eigenvalue weighted by atomic mass is 9.92. The van der Waals surface area contributed by atoms with Crippen molar-refractivity contribution in [1.29, 1.82) is 0 Å². The van der Waals surface area contributed by atoms with Gasteiger partial charge < -0.3 is 16.8 Å². The van der Waals surface area contributed by atoms with Crippen LogP contribution in [0.2, 0.25) is 0 Å². The second-order valence-corrected chi connectivity index (χ2v) is 5.44. The molecule has 0 aromatic carbocycles. The van der Waals surface area contributed by atoms with E-state index in [0.29, 0.717) is 0 Å². The van der Waals surface area contributed by atoms with Gasteiger partial charge in [-0.2, -0.15) is 0 Å². The van der Waals surface area contributed by atoms with E-state index in [9.17, 15) is 9.59 Å². The summed E-state index contributed by atoms with van der Waals surface area (Å²) >= 11 is 1.42. The number of amides is 2. The third-order valence-electron chi connectivity index (χ3n) is 2.50. The minimum Gasteiger partial charge on any atom is -0.369 e. The van der Waals surface area contributed by atoms with Crippen molar-refractivity contribution in [2.75, 3.05) is 6.54 Å². The Morgan fingerprint density at radius 2 is 2.18 bits per heavy atom. The Balaban J connectivity index is 2.54. The van der Waals surface area contributed by atoms with Crippen LogP contribution >= 0.6 is 11.3 Å². The molecule has 0 aliphatic rings. The largest absolute Gasteiger partial charge is 0.369 e. The van der Waals surface area contributed by atoms with Crippen molar-refractivity contribution in [2.45, 2.75) is 19.9 Å². The van der Waals surface area contributed by atoms with Gasteiger partial charge in [0, 0.05) is 11.4 Å². The van der Waals surface area contributed by atoms with E-state index in [0.717, 1.165) is 4.88 Å². The Morgan fingerprint density at radius 3 is 2.65 bits per heavy atom. The lowest BCUT2D eigenvalue weighted by Crippen LogP contribution is -2.44. The first-order valence-corrected chi connectivity index (χ1v) is 6.09. The predicted octanol–water partition coefficient (Wildman–Crippen LogP) is 0.376. The average Bonchev–Trinajstić information content (AvgIpc) is 2.78. The van der Waals surface area contributed by atoms with E-state index in [1.807, 2.05) is 11.4 Å². The lowest BCUT2D eigenvalue weighted by molar-refractivity contribution is -0.127. The van der Waals surface area contributed by atoms with Gasteiger partial charge in [0.1, 0.15) is 6.04 Å². The highest BCUT2D eigenvalue weighted by Crippen LogP contribution is 2.17. The number of nitrogens with two attached hydrogens (primary N) is 2. The SMILES string of the molecule is CC(C)(CNC(=O)C(N)c1cccs1)C(N)=O. The molecule has 5 nitrogen and oxygen atoms in total. The zero-order valence-electron chi connectivity index (χ0n) is 9.90. The first-order chi connectivity index (χ1) is 7.84. The molecule has 0 saturated carbocycles. The molecule has 94 valence electrons. The van der Waals surface area contributed by atoms with Gasteiger partial charge in [0.15, 0.2) is 0 Å². The van der Waals surface area contributed by atoms with E-state index < -0.39 is 17.4 Å². The van der Waals surface area contributed by atoms with Gasteiger partial charge in [-0.05, 0) is 25.3 Å². The molecule has 1 aromatic heterocycles. The number of carbonyl (C=O) groups is 2. The fourth-order valence-corrected chi connectivity index (χ4v) is 1.83. The van der Waals surface area contributed by atoms with Crippen LogP contribution in [0.4, 0.5) is 0 Å². The normalized spacial score (nSPS) is 13.1. The zero-order chi connectivity index (χ0) is 13.1. The second-order valence-electron chi connectivity index (χ2n) is 4.46. The Kier molecular flexibility index (Phi) is 4.25. The number of hydrogen-bond donors (Lipinski definition) is 3. The van der Waals surface area contributed by atoms with Crippen LogP contribution in [0.1, 0.15) is 24.8 Å². The van der Waals surface area contributed by atoms with Gasteiger partial charge in [0.05, 0.1) is 5.41 Å². The number of carbonyl (C=O) groups excluding carboxylic acids is 2. The maximum Gasteiger partial charge on any atom is 0.242 e. The molecule has 0 fully saturated rings. The Labute approximate surface area is 104 Å². The van der Waals surface area contributed by atoms with E-state index in [2.05, 4.69) is 5.32 Å². The number of hydrogen-bond acceptors (Lipinski definition) is 4. The Morgan fingerprint density at radius 1 is 1.53 bits per heavy atom. The van der Waals surface area contributed by atoms with Crippen molar-refractivity contribution in [1.82, 2.24) is 5.32 Å². The molecule has 0 aliphatic carbocycles. The van der Waals surface area contributed by atoms with Gasteiger partial charge in [-0.25, -0.2) is 0 Å². The van der Waals surface area contributed by atoms with Crippen LogP contribution in [-0.4, -0.2) is 18.4 Å². The zero-order valence-corrected chi connectivity index (χ0v) is 10.7. The summed E-state index contributed by atoms with van der Waals surface area (Å²) in [5, 5.41) is 4.49. The van der Waals surface area contributed by atoms with Crippen LogP contribution in [0.15, 0.2) is 17.5 Å². The highest BCUT2D eigenvalue weighted by Gasteiger charge is 2.26. The van der Waals surface area contributed by atoms with Crippen LogP contribution < -0.4 is 16.8 Å². The lowest BCUT2D eigenvalue weighted by Gasteiger charge is -2.21. The number of primary amides is 1. The smallest absolute Gasteiger partial charge is 0.242 e. The highest BCUT2D eigenvalue weighted by molar-refractivity contribution is 7.10. The fourth-order valence-electron chi connectivity index (χ4n) is 1.10. The molecule has 6 heteroatoms. The summed E-state index contributed by atoms with van der Waals surface area (Å²) in [5.41, 5.74) is 10.2. The second kappa shape index (κ2) is 5.29. The number of nitrogens with one attached hydrogen (secondary N) is 1. The summed E-state index contributed by atoms with van der Waals surface area (Å²) < 4.78 is 0. The van der Waals surface area contributed by atoms with E-state index in [1.54, 1.807) is 19.9 Å². The maximum atomic E-state index is 11.7. The standard InChI is InChI=1S/C11H17N3O2S/c1-11(2,10(13)16)6-14-9(15)8(12)7-4-3-5-17-7/h3-5,8H,6,12H2,1-2H3,(H2,13,16)(H,14,15). The summed E-state index contributed by atoms with van der Waals surface area (Å²) in [6.45, 7) is 3.53. The minimum absolute atomic E-state index is 0.181. The van der Waals surface area contributed by atoms with Crippen molar-refractivity contribution in [3.05, 3.63) is 22.4 Å². The quantitative estimate of drug-likeness (QED) is 0.709. The van der Waals surface area contributed by atoms with Gasteiger partial charge in [0.25, 0.3) is 0 Å². The van der Waals surface area contributed by atoms with Crippen molar-refractivity contribution in [2.24, 2.45) is 16.9 Å². The van der Waals surface area contributed by atoms with Gasteiger partial charge in [0.2, 0.25) is 11.8 Å². The van der Waals surface area contributed by atoms with Crippen LogP contribution in [0.5, 0.6) is 0 Å². The molecule has 1 atom stereocenters. The first-order valence-electron chi connectivity index (χ1n) is 5.21. The third-order valence-corrected chi connectivity index (χ3v) is 3.46. The van der Waals surface area contributed by atoms with Crippen LogP contribution in [0.25, 0.3) is 0 Å². The third kappa shape index (κ3) is 3.54. The Bertz CT molecular complexity index is 401. The summed E-state index contributed by atoms with van der Waals surface area (Å²) in [5.74, 6) is -0.760. The summed E-state index contributed by atoms with van der Waals surface area (Å²) in [6, 6.07) is 2.94. The van der Waals surface area contributed by atoms with E-state index >= 15 is 0 Å². The monoisotopic (exact) mass is 255 g/mol. The minimum atomic E-state index is -0.773. The molecular formula is C11H17N3O2S. The van der Waals surface area contributed by atoms with Crippen molar-refractivity contribution >= 4 is 23.2 Å². The molecule has 5 N–H and O–H groups in total. The van der Waals surface area contributed by atoms with Gasteiger partial charge in [-0.1, -0.05) is 6.07 Å². The maximum absolute atomic E-state index is 11.7. The van der Waals surface area contributed by atoms with E-state index in [1.165, 1.54) is 11.3 Å². The molecule has 1 unspecified atom stereocenters. The average molecular weight is 255 g/mol. The van der Waals surface area contributed by atoms with Crippen molar-refractivity contribution < 1.29 is 9.59 Å². The van der Waals surface area contributed by atoms with Crippen LogP contribution in [0, 0.1) is 5.41 Å². The fraction of sp³-hybridized carbons (Fsp3) is 0.455. The van der Waals surface area contributed by atoms with E-state index in [-0.39, 0.29) is 12.5 Å². The molecule has 1 aromatic rings. The number of rotatable bonds is 5. The summed E-state index contributed by atoms with van der Waals surface area (Å²) in [6.07, 6.45) is 0. The predicted molar refractivity (Wildman–Crippen MR) is 67.2 cm³/mol. The van der Waals surface area contributed by atoms with Crippen molar-refractivity contribution in [3.63, 3.8) is 0 Å². The number of thiophene rings is 1. The molecule has 2 amide bonds. The molecule has 0 spiro atoms. The highest BCUT2D eigenvalue weighted by atomic mass is 32.1. The molecule has 1 heterocycles. The molecule has 0 radical (unpaired) electrons. The molecule has 17 heavy (non-hydrogen) atoms. The summed E-state index contributed by atoms with van der Waals surface area (Å²) in [4.78, 5) is 23.6. The first kappa shape index (κ1) is 13.7. The molecular weight excluding hydrogens is 238 g/mol. The molecule has 0 saturated heterocycles. The molecule has 0 aliphatic heterocycles.